The van der Waals surface area contributed by atoms with E-state index in [-0.39, 0.29) is 29.6 Å². The van der Waals surface area contributed by atoms with Crippen molar-refractivity contribution in [3.63, 3.8) is 0 Å². The Bertz CT molecular complexity index is 221. The minimum Gasteiger partial charge on any atom is -0.411 e. The van der Waals surface area contributed by atoms with Gasteiger partial charge < -0.3 is 48.7 Å². The fourth-order valence-corrected chi connectivity index (χ4v) is 1.77. The van der Waals surface area contributed by atoms with Crippen molar-refractivity contribution in [3.8, 4) is 0 Å². The number of thiocarbonyl (C=S) groups is 1. The van der Waals surface area contributed by atoms with Gasteiger partial charge in [0.1, 0.15) is 0 Å². The van der Waals surface area contributed by atoms with Gasteiger partial charge in [0, 0.05) is 13.1 Å². The first-order chi connectivity index (χ1) is 8.80. The zero-order chi connectivity index (χ0) is 13.1. The number of ether oxygens (including phenoxy) is 4. The molecule has 1 aliphatic rings. The van der Waals surface area contributed by atoms with Crippen molar-refractivity contribution in [2.75, 3.05) is 65.9 Å². The Morgan fingerprint density at radius 3 is 1.37 bits per heavy atom. The first-order valence-corrected chi connectivity index (χ1v) is 6.89. The molecular weight excluding hydrogens is 297 g/mol. The van der Waals surface area contributed by atoms with Crippen molar-refractivity contribution in [1.29, 1.82) is 0 Å². The molecule has 0 N–H and O–H groups in total. The second kappa shape index (κ2) is 13.9. The summed E-state index contributed by atoms with van der Waals surface area (Å²) in [5, 5.41) is 0. The standard InChI is InChI=1S/C11H21NO4S2.Na/c17-11(18)12-1-3-13-5-7-15-9-10-16-8-6-14-4-2-12;/h1-10H2,(H,17,18);/q;+1/p-1. The summed E-state index contributed by atoms with van der Waals surface area (Å²) in [7, 11) is 0. The topological polar surface area (TPSA) is 40.2 Å². The molecule has 1 aliphatic heterocycles. The van der Waals surface area contributed by atoms with Gasteiger partial charge in [-0.1, -0.05) is 4.32 Å². The van der Waals surface area contributed by atoms with Gasteiger partial charge in [-0.15, -0.1) is 0 Å². The van der Waals surface area contributed by atoms with Crippen LogP contribution in [0, 0.1) is 0 Å². The molecule has 0 radical (unpaired) electrons. The SMILES string of the molecule is S=C([S-])N1CCOCCOCCOCCOCC1.[Na+]. The fraction of sp³-hybridized carbons (Fsp3) is 0.909. The third-order valence-electron chi connectivity index (χ3n) is 2.39. The molecule has 5 nitrogen and oxygen atoms in total. The van der Waals surface area contributed by atoms with E-state index in [1.807, 2.05) is 4.90 Å². The maximum absolute atomic E-state index is 5.44. The molecular formula is C11H20NNaO4S2. The molecule has 1 heterocycles. The Kier molecular flexibility index (Phi) is 14.6. The van der Waals surface area contributed by atoms with Gasteiger partial charge in [0.15, 0.2) is 0 Å². The number of hydrogen-bond donors (Lipinski definition) is 0. The molecule has 0 atom stereocenters. The largest absolute Gasteiger partial charge is 1.00 e. The number of hydrogen-bond acceptors (Lipinski definition) is 6. The number of rotatable bonds is 0. The van der Waals surface area contributed by atoms with Crippen molar-refractivity contribution in [3.05, 3.63) is 0 Å². The third-order valence-corrected chi connectivity index (χ3v) is 2.90. The van der Waals surface area contributed by atoms with Gasteiger partial charge in [0.2, 0.25) is 0 Å². The predicted octanol–water partition coefficient (Wildman–Crippen LogP) is -2.80. The van der Waals surface area contributed by atoms with Gasteiger partial charge >= 0.3 is 29.6 Å². The Labute approximate surface area is 148 Å². The fourth-order valence-electron chi connectivity index (χ4n) is 1.41. The predicted molar refractivity (Wildman–Crippen MR) is 74.8 cm³/mol. The first-order valence-electron chi connectivity index (χ1n) is 6.07. The summed E-state index contributed by atoms with van der Waals surface area (Å²) in [6, 6.07) is 0. The van der Waals surface area contributed by atoms with Crippen LogP contribution in [0.3, 0.4) is 0 Å². The Morgan fingerprint density at radius 1 is 0.737 bits per heavy atom. The van der Waals surface area contributed by atoms with Crippen LogP contribution in [-0.2, 0) is 31.6 Å². The van der Waals surface area contributed by atoms with Crippen LogP contribution in [0.5, 0.6) is 0 Å². The molecule has 0 aromatic carbocycles. The van der Waals surface area contributed by atoms with Gasteiger partial charge in [0.25, 0.3) is 0 Å². The molecule has 0 aromatic rings. The minimum atomic E-state index is 0. The molecule has 0 unspecified atom stereocenters. The monoisotopic (exact) mass is 317 g/mol. The molecule has 0 spiro atoms. The molecule has 0 saturated carbocycles. The molecule has 0 aliphatic carbocycles. The summed E-state index contributed by atoms with van der Waals surface area (Å²) < 4.78 is 22.0. The van der Waals surface area contributed by atoms with E-state index in [9.17, 15) is 0 Å². The van der Waals surface area contributed by atoms with Crippen LogP contribution in [0.2, 0.25) is 0 Å². The average molecular weight is 317 g/mol. The van der Waals surface area contributed by atoms with Crippen molar-refractivity contribution in [2.45, 2.75) is 0 Å². The Morgan fingerprint density at radius 2 is 1.05 bits per heavy atom. The molecule has 0 aromatic heterocycles. The van der Waals surface area contributed by atoms with E-state index in [2.05, 4.69) is 0 Å². The maximum atomic E-state index is 5.44. The van der Waals surface area contributed by atoms with Crippen LogP contribution < -0.4 is 29.6 Å². The molecule has 1 rings (SSSR count). The second-order valence-corrected chi connectivity index (χ2v) is 4.73. The molecule has 1 saturated heterocycles. The minimum absolute atomic E-state index is 0. The zero-order valence-corrected chi connectivity index (χ0v) is 15.1. The average Bonchev–Trinajstić information content (AvgIpc) is 2.36. The Hall–Kier alpha value is 0.950. The van der Waals surface area contributed by atoms with Gasteiger partial charge in [-0.25, -0.2) is 0 Å². The second-order valence-electron chi connectivity index (χ2n) is 3.70. The van der Waals surface area contributed by atoms with Crippen LogP contribution in [0.4, 0.5) is 0 Å². The summed E-state index contributed by atoms with van der Waals surface area (Å²) in [5.74, 6) is 0. The van der Waals surface area contributed by atoms with Gasteiger partial charge in [0.05, 0.1) is 52.9 Å². The molecule has 0 amide bonds. The third kappa shape index (κ3) is 11.3. The van der Waals surface area contributed by atoms with Gasteiger partial charge in [-0.3, -0.25) is 0 Å². The first kappa shape index (κ1) is 19.9. The molecule has 8 heteroatoms. The summed E-state index contributed by atoms with van der Waals surface area (Å²) in [6.07, 6.45) is 0. The van der Waals surface area contributed by atoms with E-state index in [1.165, 1.54) is 0 Å². The summed E-state index contributed by atoms with van der Waals surface area (Å²) in [5.41, 5.74) is 0. The smallest absolute Gasteiger partial charge is 0.411 e. The molecule has 106 valence electrons. The maximum Gasteiger partial charge on any atom is 1.00 e. The summed E-state index contributed by atoms with van der Waals surface area (Å²) in [6.45, 7) is 6.08. The van der Waals surface area contributed by atoms with Crippen molar-refractivity contribution >= 4 is 29.2 Å². The van der Waals surface area contributed by atoms with Crippen LogP contribution in [0.25, 0.3) is 0 Å². The zero-order valence-electron chi connectivity index (χ0n) is 11.5. The van der Waals surface area contributed by atoms with Crippen molar-refractivity contribution in [2.24, 2.45) is 0 Å². The van der Waals surface area contributed by atoms with Crippen LogP contribution in [0.1, 0.15) is 0 Å². The van der Waals surface area contributed by atoms with E-state index in [1.54, 1.807) is 0 Å². The van der Waals surface area contributed by atoms with E-state index in [0.29, 0.717) is 70.3 Å². The molecule has 1 fully saturated rings. The van der Waals surface area contributed by atoms with E-state index >= 15 is 0 Å². The quantitative estimate of drug-likeness (QED) is 0.272. The number of nitrogens with zero attached hydrogens (tertiary/aromatic N) is 1. The molecule has 0 bridgehead atoms. The Balaban J connectivity index is 0.00000324. The van der Waals surface area contributed by atoms with Crippen molar-refractivity contribution < 1.29 is 48.5 Å². The van der Waals surface area contributed by atoms with Crippen molar-refractivity contribution in [1.82, 2.24) is 4.90 Å². The summed E-state index contributed by atoms with van der Waals surface area (Å²) in [4.78, 5) is 1.91. The van der Waals surface area contributed by atoms with Crippen LogP contribution >= 0.6 is 12.2 Å². The van der Waals surface area contributed by atoms with Gasteiger partial charge in [-0.05, 0) is 0 Å². The molecule has 19 heavy (non-hydrogen) atoms. The van der Waals surface area contributed by atoms with Crippen LogP contribution in [-0.4, -0.2) is 75.2 Å². The normalized spacial score (nSPS) is 20.7. The summed E-state index contributed by atoms with van der Waals surface area (Å²) >= 11 is 10.0. The van der Waals surface area contributed by atoms with Gasteiger partial charge in [-0.2, -0.15) is 0 Å². The van der Waals surface area contributed by atoms with E-state index in [4.69, 9.17) is 43.8 Å². The van der Waals surface area contributed by atoms with E-state index < -0.39 is 0 Å². The van der Waals surface area contributed by atoms with E-state index in [0.717, 1.165) is 0 Å². The van der Waals surface area contributed by atoms with Crippen LogP contribution in [0.15, 0.2) is 0 Å².